The molecule has 2 amide bonds. The highest BCUT2D eigenvalue weighted by Crippen LogP contribution is 2.11. The van der Waals surface area contributed by atoms with Gasteiger partial charge in [0.25, 0.3) is 5.91 Å². The van der Waals surface area contributed by atoms with Crippen LogP contribution < -0.4 is 5.32 Å². The van der Waals surface area contributed by atoms with Crippen molar-refractivity contribution in [3.8, 4) is 6.07 Å². The summed E-state index contributed by atoms with van der Waals surface area (Å²) in [7, 11) is 0. The standard InChI is InChI=1S/C20H22N4O2S/c21-14-16-3-5-17(6-4-16)15-23-9-11-24(12-10-23)19(25)7-8-22-20(26)18-2-1-13-27-18/h1-6,13H,7-12,15H2,(H,22,26). The van der Waals surface area contributed by atoms with E-state index < -0.39 is 0 Å². The second-order valence-corrected chi connectivity index (χ2v) is 7.40. The van der Waals surface area contributed by atoms with Gasteiger partial charge < -0.3 is 10.2 Å². The minimum atomic E-state index is -0.120. The Kier molecular flexibility index (Phi) is 6.58. The lowest BCUT2D eigenvalue weighted by molar-refractivity contribution is -0.132. The van der Waals surface area contributed by atoms with Crippen LogP contribution in [0.2, 0.25) is 0 Å². The van der Waals surface area contributed by atoms with Gasteiger partial charge in [-0.2, -0.15) is 5.26 Å². The molecule has 1 fully saturated rings. The van der Waals surface area contributed by atoms with E-state index in [4.69, 9.17) is 5.26 Å². The highest BCUT2D eigenvalue weighted by Gasteiger charge is 2.21. The number of carbonyl (C=O) groups excluding carboxylic acids is 2. The molecule has 0 atom stereocenters. The molecule has 1 N–H and O–H groups in total. The quantitative estimate of drug-likeness (QED) is 0.830. The molecule has 1 aliphatic rings. The number of nitriles is 1. The van der Waals surface area contributed by atoms with Crippen molar-refractivity contribution in [2.24, 2.45) is 0 Å². The number of hydrogen-bond donors (Lipinski definition) is 1. The van der Waals surface area contributed by atoms with Crippen LogP contribution in [0.25, 0.3) is 0 Å². The minimum Gasteiger partial charge on any atom is -0.351 e. The molecule has 1 saturated heterocycles. The summed E-state index contributed by atoms with van der Waals surface area (Å²) in [6.07, 6.45) is 0.326. The van der Waals surface area contributed by atoms with Gasteiger partial charge in [-0.05, 0) is 29.1 Å². The zero-order valence-electron chi connectivity index (χ0n) is 15.1. The SMILES string of the molecule is N#Cc1ccc(CN2CCN(C(=O)CCNC(=O)c3cccs3)CC2)cc1. The third-order valence-electron chi connectivity index (χ3n) is 4.58. The zero-order chi connectivity index (χ0) is 19.1. The number of nitrogens with zero attached hydrogens (tertiary/aromatic N) is 3. The molecule has 1 aromatic carbocycles. The Bertz CT molecular complexity index is 804. The van der Waals surface area contributed by atoms with Crippen molar-refractivity contribution in [1.29, 1.82) is 5.26 Å². The predicted octanol–water partition coefficient (Wildman–Crippen LogP) is 2.08. The third-order valence-corrected chi connectivity index (χ3v) is 5.45. The molecule has 1 aromatic heterocycles. The Morgan fingerprint density at radius 2 is 1.85 bits per heavy atom. The van der Waals surface area contributed by atoms with Gasteiger partial charge in [-0.3, -0.25) is 14.5 Å². The summed E-state index contributed by atoms with van der Waals surface area (Å²) in [6.45, 7) is 4.24. The number of thiophene rings is 1. The summed E-state index contributed by atoms with van der Waals surface area (Å²) in [5.41, 5.74) is 1.84. The summed E-state index contributed by atoms with van der Waals surface area (Å²) in [4.78, 5) is 29.0. The van der Waals surface area contributed by atoms with Gasteiger partial charge in [-0.15, -0.1) is 11.3 Å². The van der Waals surface area contributed by atoms with E-state index in [2.05, 4.69) is 16.3 Å². The van der Waals surface area contributed by atoms with Crippen molar-refractivity contribution in [1.82, 2.24) is 15.1 Å². The van der Waals surface area contributed by atoms with Crippen molar-refractivity contribution >= 4 is 23.2 Å². The normalized spacial score (nSPS) is 14.6. The van der Waals surface area contributed by atoms with Gasteiger partial charge in [0, 0.05) is 45.7 Å². The van der Waals surface area contributed by atoms with E-state index in [0.717, 1.165) is 19.6 Å². The van der Waals surface area contributed by atoms with Crippen molar-refractivity contribution in [3.05, 3.63) is 57.8 Å². The molecule has 0 spiro atoms. The Labute approximate surface area is 163 Å². The number of hydrogen-bond acceptors (Lipinski definition) is 5. The Balaban J connectivity index is 1.37. The molecule has 0 saturated carbocycles. The lowest BCUT2D eigenvalue weighted by Gasteiger charge is -2.34. The maximum Gasteiger partial charge on any atom is 0.261 e. The van der Waals surface area contributed by atoms with Crippen LogP contribution in [-0.2, 0) is 11.3 Å². The molecule has 3 rings (SSSR count). The molecule has 2 heterocycles. The second kappa shape index (κ2) is 9.31. The van der Waals surface area contributed by atoms with Gasteiger partial charge in [0.1, 0.15) is 0 Å². The average molecular weight is 382 g/mol. The van der Waals surface area contributed by atoms with Crippen molar-refractivity contribution in [2.75, 3.05) is 32.7 Å². The molecular formula is C20H22N4O2S. The van der Waals surface area contributed by atoms with Crippen LogP contribution in [0.5, 0.6) is 0 Å². The number of amides is 2. The van der Waals surface area contributed by atoms with Gasteiger partial charge in [-0.25, -0.2) is 0 Å². The van der Waals surface area contributed by atoms with E-state index >= 15 is 0 Å². The first kappa shape index (κ1) is 19.1. The van der Waals surface area contributed by atoms with Crippen LogP contribution in [0.1, 0.15) is 27.2 Å². The molecule has 1 aliphatic heterocycles. The van der Waals surface area contributed by atoms with Gasteiger partial charge in [0.05, 0.1) is 16.5 Å². The fourth-order valence-electron chi connectivity index (χ4n) is 3.03. The second-order valence-electron chi connectivity index (χ2n) is 6.45. The highest BCUT2D eigenvalue weighted by atomic mass is 32.1. The summed E-state index contributed by atoms with van der Waals surface area (Å²) in [5, 5.41) is 13.5. The molecule has 27 heavy (non-hydrogen) atoms. The number of benzene rings is 1. The molecular weight excluding hydrogens is 360 g/mol. The number of carbonyl (C=O) groups is 2. The first-order valence-corrected chi connectivity index (χ1v) is 9.84. The lowest BCUT2D eigenvalue weighted by Crippen LogP contribution is -2.48. The van der Waals surface area contributed by atoms with Gasteiger partial charge in [0.15, 0.2) is 0 Å². The lowest BCUT2D eigenvalue weighted by atomic mass is 10.1. The van der Waals surface area contributed by atoms with Crippen molar-refractivity contribution in [2.45, 2.75) is 13.0 Å². The molecule has 0 unspecified atom stereocenters. The fourth-order valence-corrected chi connectivity index (χ4v) is 3.67. The number of piperazine rings is 1. The first-order valence-electron chi connectivity index (χ1n) is 8.96. The third kappa shape index (κ3) is 5.39. The molecule has 140 valence electrons. The summed E-state index contributed by atoms with van der Waals surface area (Å²) >= 11 is 1.39. The van der Waals surface area contributed by atoms with Crippen LogP contribution in [0.3, 0.4) is 0 Å². The number of rotatable bonds is 6. The maximum absolute atomic E-state index is 12.3. The Hall–Kier alpha value is -2.69. The molecule has 0 radical (unpaired) electrons. The van der Waals surface area contributed by atoms with E-state index in [9.17, 15) is 9.59 Å². The molecule has 0 aliphatic carbocycles. The van der Waals surface area contributed by atoms with Gasteiger partial charge >= 0.3 is 0 Å². The van der Waals surface area contributed by atoms with Crippen LogP contribution >= 0.6 is 11.3 Å². The predicted molar refractivity (Wildman–Crippen MR) is 104 cm³/mol. The zero-order valence-corrected chi connectivity index (χ0v) is 15.9. The summed E-state index contributed by atoms with van der Waals surface area (Å²) < 4.78 is 0. The van der Waals surface area contributed by atoms with Crippen LogP contribution in [-0.4, -0.2) is 54.3 Å². The van der Waals surface area contributed by atoms with E-state index in [1.54, 1.807) is 6.07 Å². The van der Waals surface area contributed by atoms with Crippen LogP contribution in [0, 0.1) is 11.3 Å². The largest absolute Gasteiger partial charge is 0.351 e. The average Bonchev–Trinajstić information content (AvgIpc) is 3.24. The van der Waals surface area contributed by atoms with Gasteiger partial charge in [-0.1, -0.05) is 18.2 Å². The van der Waals surface area contributed by atoms with E-state index in [0.29, 0.717) is 36.5 Å². The van der Waals surface area contributed by atoms with E-state index in [-0.39, 0.29) is 11.8 Å². The van der Waals surface area contributed by atoms with Gasteiger partial charge in [0.2, 0.25) is 5.91 Å². The topological polar surface area (TPSA) is 76.4 Å². The highest BCUT2D eigenvalue weighted by molar-refractivity contribution is 7.12. The summed E-state index contributed by atoms with van der Waals surface area (Å²) in [6, 6.07) is 13.4. The monoisotopic (exact) mass is 382 g/mol. The summed E-state index contributed by atoms with van der Waals surface area (Å²) in [5.74, 6) is -0.0375. The fraction of sp³-hybridized carbons (Fsp3) is 0.350. The van der Waals surface area contributed by atoms with Crippen LogP contribution in [0.15, 0.2) is 41.8 Å². The van der Waals surface area contributed by atoms with Crippen molar-refractivity contribution in [3.63, 3.8) is 0 Å². The van der Waals surface area contributed by atoms with Crippen molar-refractivity contribution < 1.29 is 9.59 Å². The molecule has 0 bridgehead atoms. The molecule has 2 aromatic rings. The van der Waals surface area contributed by atoms with E-state index in [1.807, 2.05) is 40.6 Å². The first-order chi connectivity index (χ1) is 13.2. The molecule has 6 nitrogen and oxygen atoms in total. The smallest absolute Gasteiger partial charge is 0.261 e. The number of nitrogens with one attached hydrogen (secondary N) is 1. The Morgan fingerprint density at radius 1 is 1.11 bits per heavy atom. The maximum atomic E-state index is 12.3. The van der Waals surface area contributed by atoms with E-state index in [1.165, 1.54) is 16.9 Å². The Morgan fingerprint density at radius 3 is 2.48 bits per heavy atom. The molecule has 7 heteroatoms. The minimum absolute atomic E-state index is 0.0829. The van der Waals surface area contributed by atoms with Crippen LogP contribution in [0.4, 0.5) is 0 Å².